The Balaban J connectivity index is 0. The third kappa shape index (κ3) is 22.0. The van der Waals surface area contributed by atoms with Gasteiger partial charge in [-0.25, -0.2) is 0 Å². The van der Waals surface area contributed by atoms with E-state index in [-0.39, 0.29) is 91.7 Å². The first-order valence-electron chi connectivity index (χ1n) is 0. The Bertz CT molecular complexity index is 6.85. The van der Waals surface area contributed by atoms with Gasteiger partial charge in [0.25, 0.3) is 0 Å². The SMILES string of the molecule is [Bi+3].[F-].[F-].[F-].[KH]. The van der Waals surface area contributed by atoms with E-state index in [2.05, 4.69) is 0 Å². The van der Waals surface area contributed by atoms with Crippen LogP contribution >= 0.6 is 0 Å². The third-order valence-electron chi connectivity index (χ3n) is 0. The molecule has 0 nitrogen and oxygen atoms in total. The molecular weight excluding hydrogens is 305 g/mol. The van der Waals surface area contributed by atoms with E-state index in [1.807, 2.05) is 0 Å². The number of hydrogen-bond donors (Lipinski definition) is 0. The molecule has 5 heavy (non-hydrogen) atoms. The van der Waals surface area contributed by atoms with Crippen molar-refractivity contribution in [3.8, 4) is 0 Å². The van der Waals surface area contributed by atoms with Crippen molar-refractivity contribution < 1.29 is 14.1 Å². The molecule has 5 heteroatoms. The number of halogens is 3. The van der Waals surface area contributed by atoms with Crippen molar-refractivity contribution in [2.45, 2.75) is 0 Å². The van der Waals surface area contributed by atoms with E-state index in [9.17, 15) is 0 Å². The Morgan fingerprint density at radius 3 is 0.600 bits per heavy atom. The minimum atomic E-state index is 0. The molecule has 0 aliphatic heterocycles. The van der Waals surface area contributed by atoms with Gasteiger partial charge in [-0.3, -0.25) is 0 Å². The van der Waals surface area contributed by atoms with Gasteiger partial charge in [0.15, 0.2) is 0 Å². The van der Waals surface area contributed by atoms with Crippen LogP contribution in [0.4, 0.5) is 0 Å². The van der Waals surface area contributed by atoms with Crippen LogP contribution in [0.15, 0.2) is 0 Å². The predicted molar refractivity (Wildman–Crippen MR) is 12.9 cm³/mol. The fraction of sp³-hybridized carbons (Fsp3) is 0. The summed E-state index contributed by atoms with van der Waals surface area (Å²) in [4.78, 5) is 0. The van der Waals surface area contributed by atoms with E-state index in [0.29, 0.717) is 0 Å². The molecular formula is HBiF3K. The molecule has 28 valence electrons. The molecule has 0 bridgehead atoms. The first-order valence-corrected chi connectivity index (χ1v) is 0. The molecule has 0 unspecified atom stereocenters. The van der Waals surface area contributed by atoms with Crippen molar-refractivity contribution >= 4 is 77.6 Å². The van der Waals surface area contributed by atoms with Gasteiger partial charge in [-0.2, -0.15) is 0 Å². The molecule has 0 atom stereocenters. The Kier molecular flexibility index (Phi) is 364. The summed E-state index contributed by atoms with van der Waals surface area (Å²) in [6.45, 7) is 0. The van der Waals surface area contributed by atoms with Gasteiger partial charge in [-0.05, 0) is 0 Å². The van der Waals surface area contributed by atoms with E-state index in [1.54, 1.807) is 0 Å². The maximum atomic E-state index is 0. The van der Waals surface area contributed by atoms with E-state index in [1.165, 1.54) is 0 Å². The summed E-state index contributed by atoms with van der Waals surface area (Å²) in [6, 6.07) is 0. The Morgan fingerprint density at radius 1 is 0.600 bits per heavy atom. The Hall–Kier alpha value is 2.31. The van der Waals surface area contributed by atoms with Crippen molar-refractivity contribution in [1.82, 2.24) is 0 Å². The van der Waals surface area contributed by atoms with Crippen LogP contribution in [-0.4, -0.2) is 77.6 Å². The monoisotopic (exact) mass is 306 g/mol. The van der Waals surface area contributed by atoms with Crippen LogP contribution in [0.2, 0.25) is 0 Å². The summed E-state index contributed by atoms with van der Waals surface area (Å²) in [5, 5.41) is 0. The molecule has 0 aliphatic rings. The standard InChI is InChI=1S/Bi.3FH.K.H/h;3*1H;;/q+3;;;;;/p-3. The maximum absolute atomic E-state index is 0. The van der Waals surface area contributed by atoms with Gasteiger partial charge < -0.3 is 14.1 Å². The molecule has 0 aromatic heterocycles. The molecule has 0 aromatic rings. The van der Waals surface area contributed by atoms with Gasteiger partial charge in [0.05, 0.1) is 0 Å². The van der Waals surface area contributed by atoms with Gasteiger partial charge in [-0.1, -0.05) is 0 Å². The van der Waals surface area contributed by atoms with Crippen LogP contribution in [0, 0.1) is 0 Å². The van der Waals surface area contributed by atoms with E-state index in [4.69, 9.17) is 0 Å². The summed E-state index contributed by atoms with van der Waals surface area (Å²) >= 11 is 0. The zero-order valence-corrected chi connectivity index (χ0v) is 5.06. The summed E-state index contributed by atoms with van der Waals surface area (Å²) in [5.74, 6) is 0. The van der Waals surface area contributed by atoms with E-state index < -0.39 is 0 Å². The molecule has 0 N–H and O–H groups in total. The average Bonchev–Trinajstić information content (AvgIpc) is 0. The van der Waals surface area contributed by atoms with Crippen LogP contribution in [0.1, 0.15) is 0 Å². The molecule has 0 aromatic carbocycles. The van der Waals surface area contributed by atoms with Gasteiger partial charge in [-0.15, -0.1) is 0 Å². The van der Waals surface area contributed by atoms with Crippen LogP contribution in [0.5, 0.6) is 0 Å². The molecule has 0 heterocycles. The average molecular weight is 306 g/mol. The van der Waals surface area contributed by atoms with Crippen molar-refractivity contribution in [2.24, 2.45) is 0 Å². The molecule has 0 saturated heterocycles. The summed E-state index contributed by atoms with van der Waals surface area (Å²) in [6.07, 6.45) is 0. The topological polar surface area (TPSA) is 0 Å². The van der Waals surface area contributed by atoms with Crippen molar-refractivity contribution in [3.63, 3.8) is 0 Å². The van der Waals surface area contributed by atoms with E-state index in [0.717, 1.165) is 0 Å². The predicted octanol–water partition coefficient (Wildman–Crippen LogP) is -10.0. The summed E-state index contributed by atoms with van der Waals surface area (Å²) in [5.41, 5.74) is 0. The molecule has 0 spiro atoms. The second-order valence-corrected chi connectivity index (χ2v) is 0. The molecule has 0 rings (SSSR count). The fourth-order valence-corrected chi connectivity index (χ4v) is 0. The third-order valence-corrected chi connectivity index (χ3v) is 0. The van der Waals surface area contributed by atoms with Crippen LogP contribution in [-0.2, 0) is 0 Å². The van der Waals surface area contributed by atoms with Crippen LogP contribution in [0.3, 0.4) is 0 Å². The second kappa shape index (κ2) is 33.3. The zero-order chi connectivity index (χ0) is 0. The first kappa shape index (κ1) is 54.6. The zero-order valence-electron chi connectivity index (χ0n) is 1.58. The second-order valence-electron chi connectivity index (χ2n) is 0. The number of hydrogen-bond acceptors (Lipinski definition) is 0. The van der Waals surface area contributed by atoms with Crippen molar-refractivity contribution in [2.75, 3.05) is 0 Å². The summed E-state index contributed by atoms with van der Waals surface area (Å²) < 4.78 is 0. The van der Waals surface area contributed by atoms with Gasteiger partial charge >= 0.3 is 77.6 Å². The molecule has 0 saturated carbocycles. The molecule has 0 fully saturated rings. The normalized spacial score (nSPS) is 0. The number of rotatable bonds is 0. The minimum absolute atomic E-state index is 0. The van der Waals surface area contributed by atoms with Gasteiger partial charge in [0, 0.05) is 0 Å². The van der Waals surface area contributed by atoms with Crippen molar-refractivity contribution in [3.05, 3.63) is 0 Å². The fourth-order valence-electron chi connectivity index (χ4n) is 0. The van der Waals surface area contributed by atoms with E-state index >= 15 is 0 Å². The quantitative estimate of drug-likeness (QED) is 0.390. The van der Waals surface area contributed by atoms with Crippen molar-refractivity contribution in [1.29, 1.82) is 0 Å². The molecule has 0 aliphatic carbocycles. The Morgan fingerprint density at radius 2 is 0.600 bits per heavy atom. The van der Waals surface area contributed by atoms with Crippen LogP contribution in [0.25, 0.3) is 0 Å². The summed E-state index contributed by atoms with van der Waals surface area (Å²) in [7, 11) is 0. The first-order chi connectivity index (χ1) is 0. The molecule has 0 amide bonds. The van der Waals surface area contributed by atoms with Crippen LogP contribution < -0.4 is 14.1 Å². The molecule has 2 radical (unpaired) electrons. The van der Waals surface area contributed by atoms with Gasteiger partial charge in [0.1, 0.15) is 0 Å². The van der Waals surface area contributed by atoms with Gasteiger partial charge in [0.2, 0.25) is 0 Å². The Labute approximate surface area is 89.7 Å².